The third kappa shape index (κ3) is 5.53. The maximum Gasteiger partial charge on any atom is 0.404 e. The maximum atomic E-state index is 9.85. The molecule has 6 aromatic heterocycles. The minimum absolute atomic E-state index is 0.169. The molecule has 3 fully saturated rings. The highest BCUT2D eigenvalue weighted by Gasteiger charge is 2.43. The van der Waals surface area contributed by atoms with Gasteiger partial charge in [-0.1, -0.05) is 26.7 Å². The van der Waals surface area contributed by atoms with E-state index in [1.54, 1.807) is 12.4 Å². The van der Waals surface area contributed by atoms with Crippen LogP contribution in [0.1, 0.15) is 88.7 Å². The Labute approximate surface area is 275 Å². The van der Waals surface area contributed by atoms with Gasteiger partial charge in [-0.15, -0.1) is 20.4 Å². The maximum absolute atomic E-state index is 9.85. The van der Waals surface area contributed by atoms with Crippen molar-refractivity contribution < 1.29 is 19.7 Å². The lowest BCUT2D eigenvalue weighted by Gasteiger charge is -2.18. The van der Waals surface area contributed by atoms with Gasteiger partial charge < -0.3 is 30.2 Å². The number of hydrogen-bond acceptors (Lipinski definition) is 9. The topological polar surface area (TPSA) is 197 Å². The van der Waals surface area contributed by atoms with E-state index in [9.17, 15) is 4.79 Å². The number of nitrogens with zero attached hydrogens (tertiary/aromatic N) is 8. The minimum Gasteiger partial charge on any atom is -0.465 e. The van der Waals surface area contributed by atoms with Crippen LogP contribution in [0.4, 0.5) is 4.79 Å². The molecular weight excluding hydrogens is 614 g/mol. The van der Waals surface area contributed by atoms with Gasteiger partial charge >= 0.3 is 6.09 Å². The van der Waals surface area contributed by atoms with E-state index < -0.39 is 11.7 Å². The van der Waals surface area contributed by atoms with Crippen molar-refractivity contribution in [2.75, 3.05) is 6.54 Å². The number of fused-ring (bicyclic) bond motifs is 6. The Kier molecular flexibility index (Phi) is 7.74. The first-order valence-corrected chi connectivity index (χ1v) is 17.0. The van der Waals surface area contributed by atoms with Crippen LogP contribution < -0.4 is 5.32 Å². The second-order valence-corrected chi connectivity index (χ2v) is 13.7. The second kappa shape index (κ2) is 12.1. The summed E-state index contributed by atoms with van der Waals surface area (Å²) in [7, 11) is 0. The Hall–Kier alpha value is -4.63. The summed E-state index contributed by atoms with van der Waals surface area (Å²) in [6.07, 6.45) is 14.5. The molecule has 3 saturated carbocycles. The van der Waals surface area contributed by atoms with Crippen molar-refractivity contribution in [1.82, 2.24) is 54.4 Å². The first kappa shape index (κ1) is 30.7. The number of H-pyrrole nitrogens is 2. The zero-order chi connectivity index (χ0) is 33.0. The molecule has 252 valence electrons. The van der Waals surface area contributed by atoms with Gasteiger partial charge in [0, 0.05) is 30.8 Å². The third-order valence-corrected chi connectivity index (χ3v) is 10.7. The van der Waals surface area contributed by atoms with E-state index in [1.807, 2.05) is 12.4 Å². The van der Waals surface area contributed by atoms with Crippen LogP contribution in [0.3, 0.4) is 0 Å². The van der Waals surface area contributed by atoms with Gasteiger partial charge in [0.15, 0.2) is 22.6 Å². The average Bonchev–Trinajstić information content (AvgIpc) is 3.80. The number of aliphatic hydroxyl groups is 1. The average molecular weight is 656 g/mol. The predicted octanol–water partition coefficient (Wildman–Crippen LogP) is 4.56. The fourth-order valence-corrected chi connectivity index (χ4v) is 8.01. The van der Waals surface area contributed by atoms with Crippen LogP contribution in [0, 0.1) is 11.8 Å². The molecule has 0 unspecified atom stereocenters. The Bertz CT molecular complexity index is 1950. The lowest BCUT2D eigenvalue weighted by atomic mass is 9.93. The van der Waals surface area contributed by atoms with Crippen molar-refractivity contribution in [2.24, 2.45) is 11.8 Å². The molecule has 9 rings (SSSR count). The van der Waals surface area contributed by atoms with Crippen LogP contribution in [0.25, 0.3) is 33.6 Å². The van der Waals surface area contributed by atoms with E-state index >= 15 is 0 Å². The number of aromatic amines is 2. The van der Waals surface area contributed by atoms with Gasteiger partial charge in [0.1, 0.15) is 11.6 Å². The van der Waals surface area contributed by atoms with E-state index in [4.69, 9.17) is 14.9 Å². The zero-order valence-corrected chi connectivity index (χ0v) is 27.1. The van der Waals surface area contributed by atoms with Crippen LogP contribution >= 0.6 is 0 Å². The Morgan fingerprint density at radius 1 is 0.854 bits per heavy atom. The molecule has 0 saturated heterocycles. The number of ether oxygens (including phenoxy) is 1. The molecular formula is C33H41N11O4. The van der Waals surface area contributed by atoms with Gasteiger partial charge in [-0.2, -0.15) is 0 Å². The third-order valence-electron chi connectivity index (χ3n) is 10.7. The van der Waals surface area contributed by atoms with E-state index in [2.05, 4.69) is 80.4 Å². The number of carbonyl (C=O) groups is 1. The van der Waals surface area contributed by atoms with Gasteiger partial charge in [0.25, 0.3) is 0 Å². The summed E-state index contributed by atoms with van der Waals surface area (Å²) in [5.74, 6) is 3.71. The molecule has 0 radical (unpaired) electrons. The number of aromatic nitrogens is 10. The van der Waals surface area contributed by atoms with Crippen LogP contribution in [0.2, 0.25) is 0 Å². The van der Waals surface area contributed by atoms with E-state index in [-0.39, 0.29) is 18.8 Å². The fraction of sp³-hybridized carbons (Fsp3) is 0.545. The van der Waals surface area contributed by atoms with E-state index in [0.29, 0.717) is 36.5 Å². The van der Waals surface area contributed by atoms with Crippen molar-refractivity contribution in [3.8, 4) is 0 Å². The van der Waals surface area contributed by atoms with Crippen molar-refractivity contribution in [1.29, 1.82) is 0 Å². The molecule has 48 heavy (non-hydrogen) atoms. The molecule has 6 atom stereocenters. The molecule has 15 nitrogen and oxygen atoms in total. The second-order valence-electron chi connectivity index (χ2n) is 13.7. The van der Waals surface area contributed by atoms with Gasteiger partial charge in [0.2, 0.25) is 0 Å². The molecule has 1 amide bonds. The van der Waals surface area contributed by atoms with Crippen molar-refractivity contribution in [3.05, 3.63) is 48.6 Å². The molecule has 6 heterocycles. The van der Waals surface area contributed by atoms with Crippen molar-refractivity contribution >= 4 is 39.7 Å². The number of rotatable bonds is 8. The molecule has 6 aromatic rings. The molecule has 3 aliphatic carbocycles. The molecule has 15 heteroatoms. The summed E-state index contributed by atoms with van der Waals surface area (Å²) in [6.45, 7) is 4.73. The quantitative estimate of drug-likeness (QED) is 0.155. The molecule has 5 N–H and O–H groups in total. The lowest BCUT2D eigenvalue weighted by Crippen LogP contribution is -2.31. The van der Waals surface area contributed by atoms with Gasteiger partial charge in [-0.3, -0.25) is 8.80 Å². The van der Waals surface area contributed by atoms with E-state index in [0.717, 1.165) is 83.8 Å². The summed E-state index contributed by atoms with van der Waals surface area (Å²) >= 11 is 0. The van der Waals surface area contributed by atoms with E-state index in [1.165, 1.54) is 0 Å². The fourth-order valence-electron chi connectivity index (χ4n) is 8.01. The highest BCUT2D eigenvalue weighted by atomic mass is 16.5. The molecule has 0 aromatic carbocycles. The van der Waals surface area contributed by atoms with Crippen LogP contribution in [0.5, 0.6) is 0 Å². The highest BCUT2D eigenvalue weighted by molar-refractivity contribution is 5.75. The first-order chi connectivity index (χ1) is 23.3. The summed E-state index contributed by atoms with van der Waals surface area (Å²) in [5, 5.41) is 37.5. The molecule has 0 bridgehead atoms. The number of amides is 1. The Balaban J connectivity index is 0.000000326. The molecule has 0 spiro atoms. The predicted molar refractivity (Wildman–Crippen MR) is 176 cm³/mol. The molecule has 0 aliphatic heterocycles. The Morgan fingerprint density at radius 2 is 1.35 bits per heavy atom. The van der Waals surface area contributed by atoms with Crippen molar-refractivity contribution in [2.45, 2.75) is 94.9 Å². The standard InChI is InChI=1S/C28H32N10O.C5H9NO3/c1-3-15-9-17(11-19(15)27-35-33-23-13-31-25-21(37(23)27)5-7-29-25)39-18-10-16(4-2)20(12-18)28-36-34-24-14-32-26-22(38(24)28)6-8-30-26;7-4(8)6-3-5(9)1-2-5/h5-8,13-20,29-30H,3-4,9-12H2,1-2H3;6,9H,1-3H2,(H,7,8)/t15-,16-,17+,18+,19+,20+;/m1./s1. The normalized spacial score (nSPS) is 26.4. The van der Waals surface area contributed by atoms with Gasteiger partial charge in [-0.05, 0) is 62.5 Å². The summed E-state index contributed by atoms with van der Waals surface area (Å²) in [5.41, 5.74) is 4.67. The first-order valence-electron chi connectivity index (χ1n) is 17.0. The minimum atomic E-state index is -1.07. The number of nitrogens with one attached hydrogen (secondary N) is 3. The van der Waals surface area contributed by atoms with Crippen LogP contribution in [-0.2, 0) is 4.74 Å². The SMILES string of the molecule is CC[C@@H]1C[C@H](O[C@H]2C[C@@H](CC)[C@@H](c3nnc4cnc5[nH]ccc5n34)C2)C[C@@H]1c1nnc2cnc3[nH]ccc3n12.O=C(O)NCC1(O)CC1. The van der Waals surface area contributed by atoms with Gasteiger partial charge in [0.05, 0.1) is 41.2 Å². The highest BCUT2D eigenvalue weighted by Crippen LogP contribution is 2.47. The summed E-state index contributed by atoms with van der Waals surface area (Å²) < 4.78 is 11.3. The molecule has 3 aliphatic rings. The largest absolute Gasteiger partial charge is 0.465 e. The van der Waals surface area contributed by atoms with Crippen molar-refractivity contribution in [3.63, 3.8) is 0 Å². The summed E-state index contributed by atoms with van der Waals surface area (Å²) in [6, 6.07) is 4.11. The van der Waals surface area contributed by atoms with Crippen LogP contribution in [0.15, 0.2) is 36.9 Å². The van der Waals surface area contributed by atoms with Crippen LogP contribution in [-0.4, -0.2) is 89.8 Å². The smallest absolute Gasteiger partial charge is 0.404 e. The monoisotopic (exact) mass is 655 g/mol. The lowest BCUT2D eigenvalue weighted by molar-refractivity contribution is -0.00877. The Morgan fingerprint density at radius 3 is 1.79 bits per heavy atom. The number of carboxylic acid groups (broad SMARTS) is 1. The van der Waals surface area contributed by atoms with Gasteiger partial charge in [-0.25, -0.2) is 14.8 Å². The number of hydrogen-bond donors (Lipinski definition) is 5. The summed E-state index contributed by atoms with van der Waals surface area (Å²) in [4.78, 5) is 25.3. The zero-order valence-electron chi connectivity index (χ0n) is 27.1.